The zero-order valence-electron chi connectivity index (χ0n) is 9.40. The van der Waals surface area contributed by atoms with Gasteiger partial charge < -0.3 is 4.74 Å². The van der Waals surface area contributed by atoms with E-state index in [1.54, 1.807) is 12.7 Å². The minimum Gasteiger partial charge on any atom is -0.384 e. The number of hydrogen-bond donors (Lipinski definition) is 0. The lowest BCUT2D eigenvalue weighted by Crippen LogP contribution is -2.01. The first kappa shape index (κ1) is 10.5. The summed E-state index contributed by atoms with van der Waals surface area (Å²) in [6.45, 7) is 9.83. The summed E-state index contributed by atoms with van der Waals surface area (Å²) in [4.78, 5) is 0. The van der Waals surface area contributed by atoms with Crippen molar-refractivity contribution < 1.29 is 4.74 Å². The van der Waals surface area contributed by atoms with Crippen LogP contribution in [0.1, 0.15) is 34.1 Å². The highest BCUT2D eigenvalue weighted by molar-refractivity contribution is 5.46. The molecule has 0 spiro atoms. The molecule has 0 fully saturated rings. The fraction of sp³-hybridized carbons (Fsp3) is 0.667. The van der Waals surface area contributed by atoms with Gasteiger partial charge in [-0.2, -0.15) is 0 Å². The monoisotopic (exact) mass is 180 g/mol. The molecule has 1 aliphatic rings. The Hall–Kier alpha value is -0.560. The molecule has 13 heavy (non-hydrogen) atoms. The quantitative estimate of drug-likeness (QED) is 0.647. The van der Waals surface area contributed by atoms with E-state index in [-0.39, 0.29) is 0 Å². The van der Waals surface area contributed by atoms with Crippen LogP contribution in [0.15, 0.2) is 22.3 Å². The summed E-state index contributed by atoms with van der Waals surface area (Å²) in [7, 11) is 1.77. The van der Waals surface area contributed by atoms with Crippen LogP contribution in [0, 0.1) is 5.92 Å². The standard InChI is InChI=1S/C12H20O/c1-8-9(2)11(4)12(10(8)3)6-7-13-5/h10H,6-7H2,1-5H3. The van der Waals surface area contributed by atoms with E-state index in [0.29, 0.717) is 5.92 Å². The molecule has 0 amide bonds. The van der Waals surface area contributed by atoms with Gasteiger partial charge >= 0.3 is 0 Å². The second kappa shape index (κ2) is 4.10. The van der Waals surface area contributed by atoms with Gasteiger partial charge in [0.1, 0.15) is 0 Å². The zero-order valence-corrected chi connectivity index (χ0v) is 9.40. The van der Waals surface area contributed by atoms with Gasteiger partial charge in [-0.05, 0) is 44.3 Å². The summed E-state index contributed by atoms with van der Waals surface area (Å²) in [5.41, 5.74) is 6.07. The van der Waals surface area contributed by atoms with Crippen LogP contribution in [0.5, 0.6) is 0 Å². The van der Waals surface area contributed by atoms with Crippen molar-refractivity contribution in [3.8, 4) is 0 Å². The molecule has 1 atom stereocenters. The van der Waals surface area contributed by atoms with Gasteiger partial charge in [0.25, 0.3) is 0 Å². The Morgan fingerprint density at radius 3 is 2.15 bits per heavy atom. The molecule has 0 bridgehead atoms. The number of rotatable bonds is 3. The fourth-order valence-corrected chi connectivity index (χ4v) is 2.06. The van der Waals surface area contributed by atoms with Crippen molar-refractivity contribution in [2.45, 2.75) is 34.1 Å². The van der Waals surface area contributed by atoms with Crippen LogP contribution in [-0.2, 0) is 4.74 Å². The topological polar surface area (TPSA) is 9.23 Å². The fourth-order valence-electron chi connectivity index (χ4n) is 2.06. The van der Waals surface area contributed by atoms with Gasteiger partial charge in [-0.15, -0.1) is 0 Å². The first-order valence-corrected chi connectivity index (χ1v) is 4.96. The van der Waals surface area contributed by atoms with E-state index in [4.69, 9.17) is 4.74 Å². The molecule has 0 radical (unpaired) electrons. The van der Waals surface area contributed by atoms with Gasteiger partial charge in [-0.1, -0.05) is 18.1 Å². The summed E-state index contributed by atoms with van der Waals surface area (Å²) < 4.78 is 5.12. The summed E-state index contributed by atoms with van der Waals surface area (Å²) >= 11 is 0. The largest absolute Gasteiger partial charge is 0.384 e. The van der Waals surface area contributed by atoms with Crippen molar-refractivity contribution in [3.63, 3.8) is 0 Å². The van der Waals surface area contributed by atoms with E-state index in [2.05, 4.69) is 27.7 Å². The highest BCUT2D eigenvalue weighted by Gasteiger charge is 2.22. The molecule has 74 valence electrons. The lowest BCUT2D eigenvalue weighted by molar-refractivity contribution is 0.200. The van der Waals surface area contributed by atoms with Crippen LogP contribution in [0.4, 0.5) is 0 Å². The second-order valence-corrected chi connectivity index (χ2v) is 3.92. The van der Waals surface area contributed by atoms with Gasteiger partial charge in [0.2, 0.25) is 0 Å². The molecule has 0 N–H and O–H groups in total. The molecular formula is C12H20O. The molecule has 1 heteroatoms. The van der Waals surface area contributed by atoms with Gasteiger partial charge in [0.15, 0.2) is 0 Å². The summed E-state index contributed by atoms with van der Waals surface area (Å²) in [6.07, 6.45) is 1.08. The maximum Gasteiger partial charge on any atom is 0.0499 e. The van der Waals surface area contributed by atoms with Gasteiger partial charge in [-0.25, -0.2) is 0 Å². The molecule has 0 aromatic carbocycles. The van der Waals surface area contributed by atoms with Crippen molar-refractivity contribution in [1.29, 1.82) is 0 Å². The predicted molar refractivity (Wildman–Crippen MR) is 56.7 cm³/mol. The summed E-state index contributed by atoms with van der Waals surface area (Å²) in [6, 6.07) is 0. The molecule has 0 aromatic heterocycles. The van der Waals surface area contributed by atoms with Crippen molar-refractivity contribution in [1.82, 2.24) is 0 Å². The maximum absolute atomic E-state index is 5.12. The highest BCUT2D eigenvalue weighted by Crippen LogP contribution is 2.37. The first-order valence-electron chi connectivity index (χ1n) is 4.96. The van der Waals surface area contributed by atoms with Crippen molar-refractivity contribution >= 4 is 0 Å². The molecule has 1 nitrogen and oxygen atoms in total. The van der Waals surface area contributed by atoms with Gasteiger partial charge in [0, 0.05) is 13.7 Å². The van der Waals surface area contributed by atoms with Crippen molar-refractivity contribution in [2.75, 3.05) is 13.7 Å². The van der Waals surface area contributed by atoms with E-state index >= 15 is 0 Å². The molecular weight excluding hydrogens is 160 g/mol. The van der Waals surface area contributed by atoms with Crippen molar-refractivity contribution in [2.24, 2.45) is 5.92 Å². The van der Waals surface area contributed by atoms with Crippen LogP contribution in [-0.4, -0.2) is 13.7 Å². The minimum atomic E-state index is 0.634. The van der Waals surface area contributed by atoms with Crippen LogP contribution in [0.25, 0.3) is 0 Å². The summed E-state index contributed by atoms with van der Waals surface area (Å²) in [5.74, 6) is 0.634. The van der Waals surface area contributed by atoms with Gasteiger partial charge in [0.05, 0.1) is 0 Å². The SMILES string of the molecule is COCCC1=C(C)C(C)=C(C)C1C. The number of hydrogen-bond acceptors (Lipinski definition) is 1. The molecule has 0 saturated carbocycles. The Balaban J connectivity index is 2.78. The molecule has 0 aromatic rings. The number of methoxy groups -OCH3 is 1. The lowest BCUT2D eigenvalue weighted by atomic mass is 9.96. The van der Waals surface area contributed by atoms with Crippen LogP contribution in [0.2, 0.25) is 0 Å². The molecule has 0 saturated heterocycles. The third-order valence-corrected chi connectivity index (χ3v) is 3.38. The maximum atomic E-state index is 5.12. The highest BCUT2D eigenvalue weighted by atomic mass is 16.5. The third kappa shape index (κ3) is 1.86. The number of ether oxygens (including phenoxy) is 1. The Morgan fingerprint density at radius 1 is 1.15 bits per heavy atom. The third-order valence-electron chi connectivity index (χ3n) is 3.38. The van der Waals surface area contributed by atoms with E-state index < -0.39 is 0 Å². The summed E-state index contributed by atoms with van der Waals surface area (Å²) in [5, 5.41) is 0. The van der Waals surface area contributed by atoms with E-state index in [9.17, 15) is 0 Å². The Morgan fingerprint density at radius 2 is 1.77 bits per heavy atom. The minimum absolute atomic E-state index is 0.634. The van der Waals surface area contributed by atoms with Crippen LogP contribution < -0.4 is 0 Å². The average molecular weight is 180 g/mol. The number of allylic oxidation sites excluding steroid dienone is 3. The van der Waals surface area contributed by atoms with E-state index in [1.807, 2.05) is 0 Å². The van der Waals surface area contributed by atoms with E-state index in [0.717, 1.165) is 13.0 Å². The predicted octanol–water partition coefficient (Wildman–Crippen LogP) is 3.33. The Kier molecular flexibility index (Phi) is 3.32. The zero-order chi connectivity index (χ0) is 10.0. The smallest absolute Gasteiger partial charge is 0.0499 e. The molecule has 0 heterocycles. The Bertz CT molecular complexity index is 258. The lowest BCUT2D eigenvalue weighted by Gasteiger charge is -2.11. The van der Waals surface area contributed by atoms with Crippen molar-refractivity contribution in [3.05, 3.63) is 22.3 Å². The second-order valence-electron chi connectivity index (χ2n) is 3.92. The molecule has 1 unspecified atom stereocenters. The molecule has 1 aliphatic carbocycles. The first-order chi connectivity index (χ1) is 6.09. The Labute approximate surface area is 81.5 Å². The van der Waals surface area contributed by atoms with Gasteiger partial charge in [-0.3, -0.25) is 0 Å². The average Bonchev–Trinajstić information content (AvgIpc) is 2.30. The normalized spacial score (nSPS) is 23.3. The molecule has 0 aliphatic heterocycles. The van der Waals surface area contributed by atoms with Crippen LogP contribution in [0.3, 0.4) is 0 Å². The van der Waals surface area contributed by atoms with E-state index in [1.165, 1.54) is 16.7 Å². The molecule has 1 rings (SSSR count). The van der Waals surface area contributed by atoms with Crippen LogP contribution >= 0.6 is 0 Å².